The summed E-state index contributed by atoms with van der Waals surface area (Å²) in [6, 6.07) is 17.8. The second-order valence-corrected chi connectivity index (χ2v) is 8.58. The molecule has 0 spiro atoms. The molecule has 0 amide bonds. The van der Waals surface area contributed by atoms with Crippen molar-refractivity contribution in [3.8, 4) is 6.07 Å². The van der Waals surface area contributed by atoms with Crippen LogP contribution in [-0.2, 0) is 6.54 Å². The molecular weight excluding hydrogens is 388 g/mol. The van der Waals surface area contributed by atoms with Gasteiger partial charge in [0, 0.05) is 6.54 Å². The topological polar surface area (TPSA) is 74.7 Å². The molecular formula is C21H18N4OS2. The maximum atomic E-state index is 10.8. The summed E-state index contributed by atoms with van der Waals surface area (Å²) in [5.41, 5.74) is 3.04. The van der Waals surface area contributed by atoms with Gasteiger partial charge < -0.3 is 9.67 Å². The van der Waals surface area contributed by atoms with Gasteiger partial charge in [0.15, 0.2) is 5.16 Å². The number of aliphatic hydroxyl groups excluding tert-OH is 1. The molecule has 5 nitrogen and oxygen atoms in total. The fourth-order valence-electron chi connectivity index (χ4n) is 3.06. The molecule has 0 aliphatic carbocycles. The van der Waals surface area contributed by atoms with Crippen LogP contribution in [0.4, 0.5) is 0 Å². The summed E-state index contributed by atoms with van der Waals surface area (Å²) < 4.78 is 3.11. The third-order valence-electron chi connectivity index (χ3n) is 4.48. The largest absolute Gasteiger partial charge is 0.510 e. The van der Waals surface area contributed by atoms with Crippen molar-refractivity contribution in [1.82, 2.24) is 14.5 Å². The summed E-state index contributed by atoms with van der Waals surface area (Å²) in [7, 11) is 0. The molecule has 1 atom stereocenters. The van der Waals surface area contributed by atoms with Gasteiger partial charge in [-0.1, -0.05) is 36.0 Å². The van der Waals surface area contributed by atoms with Crippen LogP contribution < -0.4 is 0 Å². The molecule has 2 aromatic heterocycles. The minimum atomic E-state index is -0.330. The summed E-state index contributed by atoms with van der Waals surface area (Å²) >= 11 is 2.86. The SMILES string of the molecule is CCn1c(S[C@@H](C)C(O)=C(C#N)c2nc3ccccc3s2)nc2ccccc21. The first-order chi connectivity index (χ1) is 13.6. The Morgan fingerprint density at radius 3 is 2.61 bits per heavy atom. The van der Waals surface area contributed by atoms with E-state index in [0.29, 0.717) is 5.01 Å². The van der Waals surface area contributed by atoms with Gasteiger partial charge in [-0.3, -0.25) is 0 Å². The summed E-state index contributed by atoms with van der Waals surface area (Å²) in [6.45, 7) is 4.73. The van der Waals surface area contributed by atoms with E-state index in [9.17, 15) is 10.4 Å². The average Bonchev–Trinajstić information content (AvgIpc) is 3.28. The number of allylic oxidation sites excluding steroid dienone is 1. The molecule has 0 aliphatic heterocycles. The Kier molecular flexibility index (Phi) is 5.07. The molecule has 2 heterocycles. The van der Waals surface area contributed by atoms with Gasteiger partial charge in [0.05, 0.1) is 26.5 Å². The van der Waals surface area contributed by atoms with Gasteiger partial charge in [0.25, 0.3) is 0 Å². The number of imidazole rings is 1. The quantitative estimate of drug-likeness (QED) is 0.264. The second kappa shape index (κ2) is 7.66. The number of nitrogens with zero attached hydrogens (tertiary/aromatic N) is 4. The lowest BCUT2D eigenvalue weighted by Crippen LogP contribution is -2.06. The highest BCUT2D eigenvalue weighted by molar-refractivity contribution is 8.00. The average molecular weight is 407 g/mol. The summed E-state index contributed by atoms with van der Waals surface area (Å²) in [5, 5.41) is 21.5. The zero-order valence-electron chi connectivity index (χ0n) is 15.5. The number of nitriles is 1. The van der Waals surface area contributed by atoms with Crippen LogP contribution in [0.25, 0.3) is 26.8 Å². The molecule has 1 N–H and O–H groups in total. The lowest BCUT2D eigenvalue weighted by atomic mass is 10.2. The number of thioether (sulfide) groups is 1. The van der Waals surface area contributed by atoms with Gasteiger partial charge in [-0.15, -0.1) is 11.3 Å². The van der Waals surface area contributed by atoms with E-state index in [1.807, 2.05) is 55.5 Å². The van der Waals surface area contributed by atoms with Crippen LogP contribution in [-0.4, -0.2) is 24.9 Å². The Morgan fingerprint density at radius 1 is 1.18 bits per heavy atom. The van der Waals surface area contributed by atoms with E-state index in [1.54, 1.807) is 0 Å². The predicted molar refractivity (Wildman–Crippen MR) is 116 cm³/mol. The van der Waals surface area contributed by atoms with Crippen molar-refractivity contribution in [2.45, 2.75) is 30.8 Å². The molecule has 0 fully saturated rings. The van der Waals surface area contributed by atoms with Gasteiger partial charge in [0.2, 0.25) is 0 Å². The van der Waals surface area contributed by atoms with Crippen LogP contribution in [0.2, 0.25) is 0 Å². The van der Waals surface area contributed by atoms with Gasteiger partial charge >= 0.3 is 0 Å². The lowest BCUT2D eigenvalue weighted by Gasteiger charge is -2.12. The van der Waals surface area contributed by atoms with Crippen molar-refractivity contribution in [3.63, 3.8) is 0 Å². The third-order valence-corrected chi connectivity index (χ3v) is 6.63. The van der Waals surface area contributed by atoms with Crippen molar-refractivity contribution < 1.29 is 5.11 Å². The Bertz CT molecular complexity index is 1200. The number of hydrogen-bond donors (Lipinski definition) is 1. The van der Waals surface area contributed by atoms with E-state index in [2.05, 4.69) is 22.5 Å². The molecule has 4 rings (SSSR count). The normalized spacial score (nSPS) is 13.5. The minimum Gasteiger partial charge on any atom is -0.510 e. The Morgan fingerprint density at radius 2 is 1.89 bits per heavy atom. The summed E-state index contributed by atoms with van der Waals surface area (Å²) in [4.78, 5) is 9.21. The van der Waals surface area contributed by atoms with Crippen LogP contribution in [0.15, 0.2) is 59.4 Å². The monoisotopic (exact) mass is 406 g/mol. The zero-order valence-corrected chi connectivity index (χ0v) is 17.1. The van der Waals surface area contributed by atoms with E-state index < -0.39 is 0 Å². The van der Waals surface area contributed by atoms with Gasteiger partial charge in [0.1, 0.15) is 22.4 Å². The maximum Gasteiger partial charge on any atom is 0.169 e. The van der Waals surface area contributed by atoms with Crippen LogP contribution in [0.5, 0.6) is 0 Å². The number of fused-ring (bicyclic) bond motifs is 2. The molecule has 28 heavy (non-hydrogen) atoms. The van der Waals surface area contributed by atoms with Crippen LogP contribution in [0.3, 0.4) is 0 Å². The van der Waals surface area contributed by atoms with Crippen LogP contribution >= 0.6 is 23.1 Å². The molecule has 4 aromatic rings. The molecule has 7 heteroatoms. The maximum absolute atomic E-state index is 10.8. The molecule has 140 valence electrons. The van der Waals surface area contributed by atoms with Gasteiger partial charge in [-0.05, 0) is 38.1 Å². The lowest BCUT2D eigenvalue weighted by molar-refractivity contribution is 0.402. The van der Waals surface area contributed by atoms with Gasteiger partial charge in [-0.25, -0.2) is 9.97 Å². The van der Waals surface area contributed by atoms with Gasteiger partial charge in [-0.2, -0.15) is 5.26 Å². The first-order valence-electron chi connectivity index (χ1n) is 8.93. The highest BCUT2D eigenvalue weighted by atomic mass is 32.2. The van der Waals surface area contributed by atoms with Crippen LogP contribution in [0, 0.1) is 11.3 Å². The standard InChI is InChI=1S/C21H18N4OS2/c1-3-25-17-10-6-4-8-15(17)24-21(25)27-13(2)19(26)14(12-22)20-23-16-9-5-7-11-18(16)28-20/h4-11,13,26H,3H2,1-2H3/t13-/m0/s1. The predicted octanol–water partition coefficient (Wildman–Crippen LogP) is 5.64. The first-order valence-corrected chi connectivity index (χ1v) is 10.6. The fraction of sp³-hybridized carbons (Fsp3) is 0.190. The number of aromatic nitrogens is 3. The molecule has 0 aliphatic rings. The summed E-state index contributed by atoms with van der Waals surface area (Å²) in [6.07, 6.45) is 0. The second-order valence-electron chi connectivity index (χ2n) is 6.25. The van der Waals surface area contributed by atoms with Crippen LogP contribution in [0.1, 0.15) is 18.9 Å². The molecule has 0 radical (unpaired) electrons. The number of thiazole rings is 1. The first kappa shape index (κ1) is 18.5. The molecule has 0 bridgehead atoms. The third kappa shape index (κ3) is 3.26. The number of aliphatic hydroxyl groups is 1. The van der Waals surface area contributed by atoms with E-state index in [4.69, 9.17) is 4.98 Å². The smallest absolute Gasteiger partial charge is 0.169 e. The number of rotatable bonds is 5. The van der Waals surface area contributed by atoms with E-state index in [0.717, 1.165) is 33.0 Å². The number of aryl methyl sites for hydroxylation is 1. The zero-order chi connectivity index (χ0) is 19.7. The highest BCUT2D eigenvalue weighted by Gasteiger charge is 2.21. The van der Waals surface area contributed by atoms with E-state index in [1.165, 1.54) is 23.1 Å². The highest BCUT2D eigenvalue weighted by Crippen LogP contribution is 2.34. The number of para-hydroxylation sites is 3. The Hall–Kier alpha value is -2.82. The molecule has 0 saturated heterocycles. The van der Waals surface area contributed by atoms with Crippen molar-refractivity contribution in [1.29, 1.82) is 5.26 Å². The molecule has 2 aromatic carbocycles. The fourth-order valence-corrected chi connectivity index (χ4v) is 5.08. The minimum absolute atomic E-state index is 0.0289. The van der Waals surface area contributed by atoms with Crippen molar-refractivity contribution >= 4 is 49.9 Å². The number of benzene rings is 2. The van der Waals surface area contributed by atoms with Crippen molar-refractivity contribution in [2.24, 2.45) is 0 Å². The Labute approximate surface area is 171 Å². The summed E-state index contributed by atoms with van der Waals surface area (Å²) in [5.74, 6) is 0.0289. The van der Waals surface area contributed by atoms with E-state index >= 15 is 0 Å². The molecule has 0 saturated carbocycles. The van der Waals surface area contributed by atoms with Crippen molar-refractivity contribution in [3.05, 3.63) is 59.3 Å². The Balaban J connectivity index is 1.70. The van der Waals surface area contributed by atoms with E-state index in [-0.39, 0.29) is 16.6 Å². The van der Waals surface area contributed by atoms with Crippen molar-refractivity contribution in [2.75, 3.05) is 0 Å². The number of hydrogen-bond acceptors (Lipinski definition) is 6. The molecule has 0 unspecified atom stereocenters.